The Morgan fingerprint density at radius 3 is 2.38 bits per heavy atom. The van der Waals surface area contributed by atoms with Crippen molar-refractivity contribution in [3.63, 3.8) is 0 Å². The van der Waals surface area contributed by atoms with Crippen molar-refractivity contribution in [1.82, 2.24) is 9.80 Å². The molecule has 3 rings (SSSR count). The number of rotatable bonds is 5. The maximum absolute atomic E-state index is 9.86. The summed E-state index contributed by atoms with van der Waals surface area (Å²) in [7, 11) is 2.26. The Balaban J connectivity index is 1.54. The summed E-state index contributed by atoms with van der Waals surface area (Å²) in [6, 6.07) is 9.04. The van der Waals surface area contributed by atoms with E-state index in [0.29, 0.717) is 5.41 Å². The highest BCUT2D eigenvalue weighted by Gasteiger charge is 2.39. The van der Waals surface area contributed by atoms with Gasteiger partial charge >= 0.3 is 0 Å². The zero-order valence-corrected chi connectivity index (χ0v) is 15.7. The van der Waals surface area contributed by atoms with Gasteiger partial charge in [0.05, 0.1) is 5.60 Å². The monoisotopic (exact) mass is 330 g/mol. The van der Waals surface area contributed by atoms with Crippen LogP contribution in [0.3, 0.4) is 0 Å². The Kier molecular flexibility index (Phi) is 5.33. The van der Waals surface area contributed by atoms with Crippen LogP contribution in [-0.2, 0) is 13.0 Å². The lowest BCUT2D eigenvalue weighted by atomic mass is 9.79. The van der Waals surface area contributed by atoms with Gasteiger partial charge in [-0.15, -0.1) is 0 Å². The summed E-state index contributed by atoms with van der Waals surface area (Å²) < 4.78 is 0. The normalized spacial score (nSPS) is 26.3. The molecule has 0 unspecified atom stereocenters. The lowest BCUT2D eigenvalue weighted by Crippen LogP contribution is -2.44. The van der Waals surface area contributed by atoms with Gasteiger partial charge in [0, 0.05) is 19.6 Å². The molecular weight excluding hydrogens is 296 g/mol. The number of aliphatic hydroxyl groups is 1. The van der Waals surface area contributed by atoms with Gasteiger partial charge in [-0.1, -0.05) is 24.3 Å². The second kappa shape index (κ2) is 7.15. The second-order valence-corrected chi connectivity index (χ2v) is 8.93. The first kappa shape index (κ1) is 17.9. The van der Waals surface area contributed by atoms with Gasteiger partial charge in [-0.2, -0.15) is 0 Å². The molecule has 0 bridgehead atoms. The van der Waals surface area contributed by atoms with E-state index >= 15 is 0 Å². The van der Waals surface area contributed by atoms with Crippen LogP contribution in [0.15, 0.2) is 24.3 Å². The van der Waals surface area contributed by atoms with Gasteiger partial charge in [0.15, 0.2) is 0 Å². The van der Waals surface area contributed by atoms with Gasteiger partial charge < -0.3 is 10.0 Å². The van der Waals surface area contributed by atoms with Crippen LogP contribution < -0.4 is 0 Å². The van der Waals surface area contributed by atoms with E-state index in [0.717, 1.165) is 19.4 Å². The molecule has 0 saturated carbocycles. The molecular formula is C21H34N2O. The summed E-state index contributed by atoms with van der Waals surface area (Å²) in [6.45, 7) is 9.89. The Morgan fingerprint density at radius 1 is 1.04 bits per heavy atom. The van der Waals surface area contributed by atoms with Crippen molar-refractivity contribution < 1.29 is 5.11 Å². The molecule has 24 heavy (non-hydrogen) atoms. The molecule has 2 heterocycles. The summed E-state index contributed by atoms with van der Waals surface area (Å²) in [5.41, 5.74) is 2.73. The van der Waals surface area contributed by atoms with E-state index in [-0.39, 0.29) is 0 Å². The standard InChI is InChI=1S/C21H34N2O/c1-20(2,24)11-9-18-5-7-19(8-6-18)15-23-13-4-10-21(17-23)12-14-22(3)16-21/h5-8,24H,4,9-17H2,1-3H3/t21-/m0/s1. The molecule has 3 heteroatoms. The third kappa shape index (κ3) is 4.81. The van der Waals surface area contributed by atoms with Crippen LogP contribution in [0.5, 0.6) is 0 Å². The first-order valence-electron chi connectivity index (χ1n) is 9.55. The molecule has 1 spiro atoms. The summed E-state index contributed by atoms with van der Waals surface area (Å²) >= 11 is 0. The largest absolute Gasteiger partial charge is 0.390 e. The number of piperidine rings is 1. The van der Waals surface area contributed by atoms with E-state index in [1.54, 1.807) is 0 Å². The highest BCUT2D eigenvalue weighted by Crippen LogP contribution is 2.38. The van der Waals surface area contributed by atoms with Crippen molar-refractivity contribution in [1.29, 1.82) is 0 Å². The minimum Gasteiger partial charge on any atom is -0.390 e. The molecule has 1 N–H and O–H groups in total. The molecule has 0 aliphatic carbocycles. The molecule has 0 amide bonds. The molecule has 3 nitrogen and oxygen atoms in total. The van der Waals surface area contributed by atoms with E-state index in [2.05, 4.69) is 41.1 Å². The Bertz CT molecular complexity index is 530. The van der Waals surface area contributed by atoms with E-state index in [9.17, 15) is 5.11 Å². The van der Waals surface area contributed by atoms with Gasteiger partial charge in [-0.3, -0.25) is 4.90 Å². The topological polar surface area (TPSA) is 26.7 Å². The summed E-state index contributed by atoms with van der Waals surface area (Å²) in [4.78, 5) is 5.16. The fourth-order valence-electron chi connectivity index (χ4n) is 4.46. The highest BCUT2D eigenvalue weighted by atomic mass is 16.3. The molecule has 1 atom stereocenters. The van der Waals surface area contributed by atoms with Crippen LogP contribution in [0.2, 0.25) is 0 Å². The smallest absolute Gasteiger partial charge is 0.0594 e. The fourth-order valence-corrected chi connectivity index (χ4v) is 4.46. The Hall–Kier alpha value is -0.900. The van der Waals surface area contributed by atoms with Crippen molar-refractivity contribution in [2.75, 3.05) is 33.2 Å². The number of benzene rings is 1. The number of aryl methyl sites for hydroxylation is 1. The maximum atomic E-state index is 9.86. The van der Waals surface area contributed by atoms with Crippen molar-refractivity contribution in [3.05, 3.63) is 35.4 Å². The van der Waals surface area contributed by atoms with E-state index < -0.39 is 5.60 Å². The average Bonchev–Trinajstić information content (AvgIpc) is 2.86. The predicted octanol–water partition coefficient (Wildman–Crippen LogP) is 3.31. The molecule has 2 saturated heterocycles. The van der Waals surface area contributed by atoms with Gasteiger partial charge in [0.1, 0.15) is 0 Å². The van der Waals surface area contributed by atoms with Gasteiger partial charge in [-0.25, -0.2) is 0 Å². The van der Waals surface area contributed by atoms with Crippen LogP contribution in [-0.4, -0.2) is 53.7 Å². The highest BCUT2D eigenvalue weighted by molar-refractivity contribution is 5.23. The minimum atomic E-state index is -0.574. The van der Waals surface area contributed by atoms with Crippen molar-refractivity contribution in [2.45, 2.75) is 58.1 Å². The lowest BCUT2D eigenvalue weighted by Gasteiger charge is -2.40. The van der Waals surface area contributed by atoms with Gasteiger partial charge in [0.2, 0.25) is 0 Å². The van der Waals surface area contributed by atoms with E-state index in [1.807, 2.05) is 13.8 Å². The minimum absolute atomic E-state index is 0.555. The molecule has 1 aromatic rings. The average molecular weight is 331 g/mol. The molecule has 0 radical (unpaired) electrons. The number of hydrogen-bond acceptors (Lipinski definition) is 3. The molecule has 0 aromatic heterocycles. The second-order valence-electron chi connectivity index (χ2n) is 8.93. The zero-order chi connectivity index (χ0) is 17.2. The molecule has 2 aliphatic rings. The Morgan fingerprint density at radius 2 is 1.75 bits per heavy atom. The Labute approximate surface area is 147 Å². The SMILES string of the molecule is CN1CC[C@@]2(CCCN(Cc3ccc(CCC(C)(C)O)cc3)C2)C1. The number of hydrogen-bond donors (Lipinski definition) is 1. The predicted molar refractivity (Wildman–Crippen MR) is 100 cm³/mol. The first-order chi connectivity index (χ1) is 11.3. The number of likely N-dealkylation sites (tertiary alicyclic amines) is 2. The molecule has 2 aliphatic heterocycles. The van der Waals surface area contributed by atoms with Crippen LogP contribution in [0, 0.1) is 5.41 Å². The van der Waals surface area contributed by atoms with E-state index in [4.69, 9.17) is 0 Å². The maximum Gasteiger partial charge on any atom is 0.0594 e. The number of nitrogens with zero attached hydrogens (tertiary/aromatic N) is 2. The quantitative estimate of drug-likeness (QED) is 0.897. The summed E-state index contributed by atoms with van der Waals surface area (Å²) in [5.74, 6) is 0. The summed E-state index contributed by atoms with van der Waals surface area (Å²) in [5, 5.41) is 9.86. The van der Waals surface area contributed by atoms with Crippen molar-refractivity contribution in [2.24, 2.45) is 5.41 Å². The van der Waals surface area contributed by atoms with Crippen LogP contribution in [0.1, 0.15) is 50.7 Å². The summed E-state index contributed by atoms with van der Waals surface area (Å²) in [6.07, 6.45) is 5.88. The molecule has 2 fully saturated rings. The fraction of sp³-hybridized carbons (Fsp3) is 0.714. The van der Waals surface area contributed by atoms with E-state index in [1.165, 1.54) is 56.6 Å². The van der Waals surface area contributed by atoms with Gasteiger partial charge in [0.25, 0.3) is 0 Å². The zero-order valence-electron chi connectivity index (χ0n) is 15.7. The van der Waals surface area contributed by atoms with Gasteiger partial charge in [-0.05, 0) is 82.6 Å². The van der Waals surface area contributed by atoms with Crippen LogP contribution in [0.4, 0.5) is 0 Å². The third-order valence-corrected chi connectivity index (χ3v) is 5.82. The lowest BCUT2D eigenvalue weighted by molar-refractivity contribution is 0.0714. The van der Waals surface area contributed by atoms with Crippen LogP contribution >= 0.6 is 0 Å². The first-order valence-corrected chi connectivity index (χ1v) is 9.55. The van der Waals surface area contributed by atoms with Crippen LogP contribution in [0.25, 0.3) is 0 Å². The van der Waals surface area contributed by atoms with Crippen molar-refractivity contribution >= 4 is 0 Å². The third-order valence-electron chi connectivity index (χ3n) is 5.82. The molecule has 134 valence electrons. The molecule has 1 aromatic carbocycles. The van der Waals surface area contributed by atoms with Crippen molar-refractivity contribution in [3.8, 4) is 0 Å².